The van der Waals surface area contributed by atoms with Crippen molar-refractivity contribution in [2.45, 2.75) is 5.92 Å². The fraction of sp³-hybridized carbons (Fsp3) is 0.154. The maximum absolute atomic E-state index is 13.0. The topological polar surface area (TPSA) is 77.2 Å². The van der Waals surface area contributed by atoms with Crippen molar-refractivity contribution in [3.05, 3.63) is 101 Å². The lowest BCUT2D eigenvalue weighted by molar-refractivity contribution is 0.0952. The lowest BCUT2D eigenvalue weighted by Gasteiger charge is -2.20. The van der Waals surface area contributed by atoms with Gasteiger partial charge in [0, 0.05) is 58.9 Å². The van der Waals surface area contributed by atoms with Gasteiger partial charge in [0.2, 0.25) is 0 Å². The van der Waals surface area contributed by atoms with Gasteiger partial charge < -0.3 is 15.6 Å². The summed E-state index contributed by atoms with van der Waals surface area (Å²) in [6, 6.07) is 22.8. The molecule has 7 heteroatoms. The Morgan fingerprint density at radius 1 is 1.00 bits per heavy atom. The predicted octanol–water partition coefficient (Wildman–Crippen LogP) is 4.91. The van der Waals surface area contributed by atoms with Gasteiger partial charge in [-0.2, -0.15) is 0 Å². The Morgan fingerprint density at radius 3 is 2.52 bits per heavy atom. The summed E-state index contributed by atoms with van der Waals surface area (Å²) in [6.07, 6.45) is 1.99. The molecular weight excluding hydrogens is 436 g/mol. The molecule has 0 spiro atoms. The number of halogens is 1. The molecule has 1 aliphatic heterocycles. The molecule has 3 amide bonds. The van der Waals surface area contributed by atoms with Crippen molar-refractivity contribution in [3.63, 3.8) is 0 Å². The zero-order valence-electron chi connectivity index (χ0n) is 17.8. The van der Waals surface area contributed by atoms with Crippen LogP contribution in [0.2, 0.25) is 5.02 Å². The summed E-state index contributed by atoms with van der Waals surface area (Å²) in [5.74, 6) is -0.296. The Bertz CT molecular complexity index is 1320. The van der Waals surface area contributed by atoms with Crippen LogP contribution >= 0.6 is 11.6 Å². The standard InChI is InChI=1S/C26H23ClN4O2/c27-23-7-3-1-5-19(23)21(22-15-29-24-8-4-2-6-20(22)24)16-30-25(32)17-9-11-18(12-10-17)31-14-13-28-26(31)33/h1-12,15,21,29H,13-14,16H2,(H,28,33)(H,30,32). The molecule has 1 unspecified atom stereocenters. The first-order valence-corrected chi connectivity index (χ1v) is 11.2. The fourth-order valence-corrected chi connectivity index (χ4v) is 4.60. The molecule has 166 valence electrons. The molecule has 3 N–H and O–H groups in total. The van der Waals surface area contributed by atoms with Crippen LogP contribution in [0.4, 0.5) is 10.5 Å². The second-order valence-corrected chi connectivity index (χ2v) is 8.41. The summed E-state index contributed by atoms with van der Waals surface area (Å²) in [4.78, 5) is 29.8. The van der Waals surface area contributed by atoms with Crippen LogP contribution in [-0.2, 0) is 0 Å². The third-order valence-electron chi connectivity index (χ3n) is 6.04. The number of carbonyl (C=O) groups excluding carboxylic acids is 2. The Labute approximate surface area is 196 Å². The van der Waals surface area contributed by atoms with Crippen molar-refractivity contribution in [1.29, 1.82) is 0 Å². The second kappa shape index (κ2) is 9.00. The first-order chi connectivity index (χ1) is 16.1. The normalized spacial score (nSPS) is 14.3. The highest BCUT2D eigenvalue weighted by Gasteiger charge is 2.23. The highest BCUT2D eigenvalue weighted by molar-refractivity contribution is 6.31. The van der Waals surface area contributed by atoms with Gasteiger partial charge in [0.05, 0.1) is 0 Å². The van der Waals surface area contributed by atoms with Crippen LogP contribution in [0.25, 0.3) is 10.9 Å². The molecule has 33 heavy (non-hydrogen) atoms. The van der Waals surface area contributed by atoms with Crippen molar-refractivity contribution in [2.75, 3.05) is 24.5 Å². The van der Waals surface area contributed by atoms with Crippen molar-refractivity contribution in [3.8, 4) is 0 Å². The van der Waals surface area contributed by atoms with E-state index in [1.54, 1.807) is 29.2 Å². The summed E-state index contributed by atoms with van der Waals surface area (Å²) in [5, 5.41) is 7.61. The number of fused-ring (bicyclic) bond motifs is 1. The van der Waals surface area contributed by atoms with E-state index in [1.165, 1.54) is 0 Å². The first-order valence-electron chi connectivity index (χ1n) is 10.9. The molecule has 0 bridgehead atoms. The molecule has 2 heterocycles. The Balaban J connectivity index is 1.38. The van der Waals surface area contributed by atoms with Gasteiger partial charge in [0.25, 0.3) is 5.91 Å². The smallest absolute Gasteiger partial charge is 0.321 e. The van der Waals surface area contributed by atoms with Crippen molar-refractivity contribution >= 4 is 40.1 Å². The van der Waals surface area contributed by atoms with E-state index in [0.29, 0.717) is 30.2 Å². The Hall–Kier alpha value is -3.77. The minimum atomic E-state index is -0.177. The van der Waals surface area contributed by atoms with E-state index in [4.69, 9.17) is 11.6 Å². The minimum Gasteiger partial charge on any atom is -0.361 e. The maximum atomic E-state index is 13.0. The van der Waals surface area contributed by atoms with Crippen LogP contribution in [0.1, 0.15) is 27.4 Å². The number of nitrogens with one attached hydrogen (secondary N) is 3. The van der Waals surface area contributed by atoms with Gasteiger partial charge in [-0.05, 0) is 47.5 Å². The number of aromatic nitrogens is 1. The van der Waals surface area contributed by atoms with Crippen molar-refractivity contribution < 1.29 is 9.59 Å². The number of H-pyrrole nitrogens is 1. The maximum Gasteiger partial charge on any atom is 0.321 e. The van der Waals surface area contributed by atoms with Gasteiger partial charge in [-0.3, -0.25) is 9.69 Å². The van der Waals surface area contributed by atoms with E-state index in [9.17, 15) is 9.59 Å². The summed E-state index contributed by atoms with van der Waals surface area (Å²) >= 11 is 6.55. The summed E-state index contributed by atoms with van der Waals surface area (Å²) in [5.41, 5.74) is 4.39. The number of urea groups is 1. The number of benzene rings is 3. The number of hydrogen-bond donors (Lipinski definition) is 3. The van der Waals surface area contributed by atoms with E-state index in [2.05, 4.69) is 21.7 Å². The first kappa shape index (κ1) is 21.1. The van der Waals surface area contributed by atoms with E-state index in [-0.39, 0.29) is 17.9 Å². The lowest BCUT2D eigenvalue weighted by atomic mass is 9.90. The van der Waals surface area contributed by atoms with Gasteiger partial charge in [0.15, 0.2) is 0 Å². The lowest BCUT2D eigenvalue weighted by Crippen LogP contribution is -2.29. The zero-order valence-corrected chi connectivity index (χ0v) is 18.6. The monoisotopic (exact) mass is 458 g/mol. The summed E-state index contributed by atoms with van der Waals surface area (Å²) < 4.78 is 0. The predicted molar refractivity (Wildman–Crippen MR) is 131 cm³/mol. The molecule has 0 saturated carbocycles. The van der Waals surface area contributed by atoms with E-state index < -0.39 is 0 Å². The number of nitrogens with zero attached hydrogens (tertiary/aromatic N) is 1. The second-order valence-electron chi connectivity index (χ2n) is 8.00. The molecule has 1 atom stereocenters. The average Bonchev–Trinajstić information content (AvgIpc) is 3.47. The molecule has 0 aliphatic carbocycles. The van der Waals surface area contributed by atoms with Crippen LogP contribution in [0.3, 0.4) is 0 Å². The third kappa shape index (κ3) is 4.17. The number of hydrogen-bond acceptors (Lipinski definition) is 2. The van der Waals surface area contributed by atoms with E-state index in [1.807, 2.05) is 48.7 Å². The summed E-state index contributed by atoms with van der Waals surface area (Å²) in [7, 11) is 0. The fourth-order valence-electron chi connectivity index (χ4n) is 4.33. The van der Waals surface area contributed by atoms with Gasteiger partial charge in [-0.15, -0.1) is 0 Å². The number of amides is 3. The highest BCUT2D eigenvalue weighted by Crippen LogP contribution is 2.34. The zero-order chi connectivity index (χ0) is 22.8. The van der Waals surface area contributed by atoms with Gasteiger partial charge in [-0.1, -0.05) is 48.0 Å². The van der Waals surface area contributed by atoms with Crippen LogP contribution in [0.5, 0.6) is 0 Å². The van der Waals surface area contributed by atoms with E-state index >= 15 is 0 Å². The Kier molecular flexibility index (Phi) is 5.75. The Morgan fingerprint density at radius 2 is 1.76 bits per heavy atom. The van der Waals surface area contributed by atoms with Gasteiger partial charge in [-0.25, -0.2) is 4.79 Å². The molecule has 1 fully saturated rings. The van der Waals surface area contributed by atoms with Crippen LogP contribution in [-0.4, -0.2) is 36.6 Å². The van der Waals surface area contributed by atoms with Gasteiger partial charge >= 0.3 is 6.03 Å². The van der Waals surface area contributed by atoms with Crippen molar-refractivity contribution in [2.24, 2.45) is 0 Å². The van der Waals surface area contributed by atoms with Crippen LogP contribution in [0.15, 0.2) is 79.0 Å². The molecule has 4 aromatic rings. The van der Waals surface area contributed by atoms with Crippen molar-refractivity contribution in [1.82, 2.24) is 15.6 Å². The van der Waals surface area contributed by atoms with Gasteiger partial charge in [0.1, 0.15) is 0 Å². The molecule has 1 aromatic heterocycles. The van der Waals surface area contributed by atoms with E-state index in [0.717, 1.165) is 27.7 Å². The molecule has 1 saturated heterocycles. The molecule has 6 nitrogen and oxygen atoms in total. The third-order valence-corrected chi connectivity index (χ3v) is 6.39. The molecule has 0 radical (unpaired) electrons. The molecule has 5 rings (SSSR count). The minimum absolute atomic E-state index is 0.117. The summed E-state index contributed by atoms with van der Waals surface area (Å²) in [6.45, 7) is 1.63. The molecular formula is C26H23ClN4O2. The number of rotatable bonds is 6. The SMILES string of the molecule is O=C(NCC(c1ccccc1Cl)c1c[nH]c2ccccc12)c1ccc(N2CCNC2=O)cc1. The number of carbonyl (C=O) groups is 2. The molecule has 3 aromatic carbocycles. The van der Waals surface area contributed by atoms with Crippen LogP contribution < -0.4 is 15.5 Å². The molecule has 1 aliphatic rings. The quantitative estimate of drug-likeness (QED) is 0.384. The largest absolute Gasteiger partial charge is 0.361 e. The average molecular weight is 459 g/mol. The van der Waals surface area contributed by atoms with Crippen LogP contribution in [0, 0.1) is 0 Å². The highest BCUT2D eigenvalue weighted by atomic mass is 35.5. The number of aromatic amines is 1. The number of anilines is 1. The number of para-hydroxylation sites is 1.